The first-order valence-electron chi connectivity index (χ1n) is 8.90. The minimum atomic E-state index is -0.214. The van der Waals surface area contributed by atoms with Gasteiger partial charge in [0.15, 0.2) is 0 Å². The number of para-hydroxylation sites is 1. The number of rotatable bonds is 4. The molecule has 4 rings (SSSR count). The summed E-state index contributed by atoms with van der Waals surface area (Å²) >= 11 is 0. The minimum absolute atomic E-state index is 0.184. The Morgan fingerprint density at radius 2 is 1.88 bits per heavy atom. The predicted molar refractivity (Wildman–Crippen MR) is 97.8 cm³/mol. The molecule has 1 saturated heterocycles. The Kier molecular flexibility index (Phi) is 4.67. The highest BCUT2D eigenvalue weighted by Crippen LogP contribution is 2.27. The molecule has 0 spiro atoms. The number of halogens is 1. The van der Waals surface area contributed by atoms with E-state index in [1.54, 1.807) is 4.57 Å². The summed E-state index contributed by atoms with van der Waals surface area (Å²) in [6, 6.07) is 16.2. The van der Waals surface area contributed by atoms with E-state index in [1.165, 1.54) is 12.1 Å². The number of benzene rings is 2. The van der Waals surface area contributed by atoms with Crippen LogP contribution in [0.1, 0.15) is 30.1 Å². The van der Waals surface area contributed by atoms with Crippen molar-refractivity contribution in [1.82, 2.24) is 19.7 Å². The van der Waals surface area contributed by atoms with E-state index in [0.717, 1.165) is 49.6 Å². The van der Waals surface area contributed by atoms with Crippen molar-refractivity contribution < 1.29 is 4.39 Å². The quantitative estimate of drug-likeness (QED) is 0.785. The highest BCUT2D eigenvalue weighted by Gasteiger charge is 2.26. The van der Waals surface area contributed by atoms with Crippen molar-refractivity contribution in [3.63, 3.8) is 0 Å². The standard InChI is InChI=1S/C20H21FN4O/c21-17-10-8-15(9-11-17)13-24-12-4-5-16(14-24)19-22-23-20(26)25(19)18-6-2-1-3-7-18/h1-3,6-11,16H,4-5,12-14H2,(H,23,26)/t16-/m1/s1. The van der Waals surface area contributed by atoms with Gasteiger partial charge in [-0.15, -0.1) is 0 Å². The molecule has 0 bridgehead atoms. The summed E-state index contributed by atoms with van der Waals surface area (Å²) in [4.78, 5) is 14.6. The number of aromatic amines is 1. The van der Waals surface area contributed by atoms with Crippen LogP contribution in [0.4, 0.5) is 4.39 Å². The van der Waals surface area contributed by atoms with Crippen molar-refractivity contribution in [3.8, 4) is 5.69 Å². The van der Waals surface area contributed by atoms with Crippen molar-refractivity contribution in [1.29, 1.82) is 0 Å². The summed E-state index contributed by atoms with van der Waals surface area (Å²) in [6.45, 7) is 2.60. The maximum atomic E-state index is 13.1. The topological polar surface area (TPSA) is 53.9 Å². The zero-order valence-electron chi connectivity index (χ0n) is 14.4. The lowest BCUT2D eigenvalue weighted by molar-refractivity contribution is 0.195. The molecule has 2 heterocycles. The molecule has 1 aliphatic rings. The van der Waals surface area contributed by atoms with Gasteiger partial charge in [0.2, 0.25) is 0 Å². The summed E-state index contributed by atoms with van der Waals surface area (Å²) in [5, 5.41) is 6.92. The summed E-state index contributed by atoms with van der Waals surface area (Å²) in [5.41, 5.74) is 1.72. The van der Waals surface area contributed by atoms with E-state index in [-0.39, 0.29) is 17.4 Å². The van der Waals surface area contributed by atoms with E-state index in [9.17, 15) is 9.18 Å². The third-order valence-electron chi connectivity index (χ3n) is 4.90. The molecule has 0 saturated carbocycles. The van der Waals surface area contributed by atoms with Crippen molar-refractivity contribution >= 4 is 0 Å². The van der Waals surface area contributed by atoms with Crippen LogP contribution in [-0.2, 0) is 6.54 Å². The fourth-order valence-corrected chi connectivity index (χ4v) is 3.67. The van der Waals surface area contributed by atoms with Gasteiger partial charge in [0.25, 0.3) is 0 Å². The second-order valence-corrected chi connectivity index (χ2v) is 6.76. The second-order valence-electron chi connectivity index (χ2n) is 6.76. The molecule has 1 fully saturated rings. The van der Waals surface area contributed by atoms with E-state index in [2.05, 4.69) is 15.1 Å². The molecule has 5 nitrogen and oxygen atoms in total. The van der Waals surface area contributed by atoms with Gasteiger partial charge < -0.3 is 0 Å². The fraction of sp³-hybridized carbons (Fsp3) is 0.300. The largest absolute Gasteiger partial charge is 0.347 e. The zero-order valence-corrected chi connectivity index (χ0v) is 14.4. The number of hydrogen-bond acceptors (Lipinski definition) is 3. The number of nitrogens with one attached hydrogen (secondary N) is 1. The molecule has 1 N–H and O–H groups in total. The van der Waals surface area contributed by atoms with Gasteiger partial charge in [-0.05, 0) is 49.2 Å². The molecular weight excluding hydrogens is 331 g/mol. The third-order valence-corrected chi connectivity index (χ3v) is 4.90. The van der Waals surface area contributed by atoms with Crippen LogP contribution in [0, 0.1) is 5.82 Å². The molecule has 1 aliphatic heterocycles. The Hall–Kier alpha value is -2.73. The van der Waals surface area contributed by atoms with E-state index in [0.29, 0.717) is 0 Å². The Morgan fingerprint density at radius 1 is 1.12 bits per heavy atom. The summed E-state index contributed by atoms with van der Waals surface area (Å²) < 4.78 is 14.8. The van der Waals surface area contributed by atoms with Gasteiger partial charge in [0, 0.05) is 19.0 Å². The van der Waals surface area contributed by atoms with Crippen molar-refractivity contribution in [2.24, 2.45) is 0 Å². The van der Waals surface area contributed by atoms with Crippen molar-refractivity contribution in [2.45, 2.75) is 25.3 Å². The van der Waals surface area contributed by atoms with E-state index < -0.39 is 0 Å². The van der Waals surface area contributed by atoms with Crippen LogP contribution in [0.3, 0.4) is 0 Å². The Bertz CT molecular complexity index is 917. The van der Waals surface area contributed by atoms with Crippen LogP contribution >= 0.6 is 0 Å². The van der Waals surface area contributed by atoms with Crippen molar-refractivity contribution in [3.05, 3.63) is 82.3 Å². The molecule has 0 aliphatic carbocycles. The molecular formula is C20H21FN4O. The van der Waals surface area contributed by atoms with Crippen LogP contribution in [-0.4, -0.2) is 32.8 Å². The van der Waals surface area contributed by atoms with Crippen LogP contribution in [0.15, 0.2) is 59.4 Å². The van der Waals surface area contributed by atoms with Crippen LogP contribution in [0.5, 0.6) is 0 Å². The van der Waals surface area contributed by atoms with Gasteiger partial charge in [-0.2, -0.15) is 5.10 Å². The van der Waals surface area contributed by atoms with Crippen LogP contribution < -0.4 is 5.69 Å². The third kappa shape index (κ3) is 3.46. The smallest absolute Gasteiger partial charge is 0.298 e. The number of hydrogen-bond donors (Lipinski definition) is 1. The maximum absolute atomic E-state index is 13.1. The summed E-state index contributed by atoms with van der Waals surface area (Å²) in [5.74, 6) is 0.752. The lowest BCUT2D eigenvalue weighted by atomic mass is 9.96. The average Bonchev–Trinajstić information content (AvgIpc) is 3.06. The normalized spacial score (nSPS) is 18.1. The summed E-state index contributed by atoms with van der Waals surface area (Å²) in [7, 11) is 0. The highest BCUT2D eigenvalue weighted by atomic mass is 19.1. The first-order chi connectivity index (χ1) is 12.7. The molecule has 134 valence electrons. The van der Waals surface area contributed by atoms with E-state index >= 15 is 0 Å². The first-order valence-corrected chi connectivity index (χ1v) is 8.90. The van der Waals surface area contributed by atoms with Crippen molar-refractivity contribution in [2.75, 3.05) is 13.1 Å². The number of aromatic nitrogens is 3. The molecule has 1 atom stereocenters. The van der Waals surface area contributed by atoms with Gasteiger partial charge in [0.1, 0.15) is 11.6 Å². The van der Waals surface area contributed by atoms with E-state index in [4.69, 9.17) is 0 Å². The number of H-pyrrole nitrogens is 1. The highest BCUT2D eigenvalue weighted by molar-refractivity contribution is 5.32. The van der Waals surface area contributed by atoms with Gasteiger partial charge in [0.05, 0.1) is 5.69 Å². The van der Waals surface area contributed by atoms with Gasteiger partial charge >= 0.3 is 5.69 Å². The number of likely N-dealkylation sites (tertiary alicyclic amines) is 1. The summed E-state index contributed by atoms with van der Waals surface area (Å²) in [6.07, 6.45) is 2.04. The maximum Gasteiger partial charge on any atom is 0.347 e. The lowest BCUT2D eigenvalue weighted by Crippen LogP contribution is -2.35. The van der Waals surface area contributed by atoms with Crippen LogP contribution in [0.25, 0.3) is 5.69 Å². The first kappa shape index (κ1) is 16.7. The second kappa shape index (κ2) is 7.25. The molecule has 3 aromatic rings. The van der Waals surface area contributed by atoms with Crippen LogP contribution in [0.2, 0.25) is 0 Å². The fourth-order valence-electron chi connectivity index (χ4n) is 3.67. The predicted octanol–water partition coefficient (Wildman–Crippen LogP) is 3.08. The van der Waals surface area contributed by atoms with Gasteiger partial charge in [-0.1, -0.05) is 30.3 Å². The van der Waals surface area contributed by atoms with E-state index in [1.807, 2.05) is 42.5 Å². The molecule has 1 aromatic heterocycles. The molecule has 0 radical (unpaired) electrons. The Labute approximate surface area is 151 Å². The minimum Gasteiger partial charge on any atom is -0.298 e. The molecule has 26 heavy (non-hydrogen) atoms. The number of nitrogens with zero attached hydrogens (tertiary/aromatic N) is 3. The Morgan fingerprint density at radius 3 is 2.65 bits per heavy atom. The Balaban J connectivity index is 1.55. The monoisotopic (exact) mass is 352 g/mol. The molecule has 0 amide bonds. The van der Waals surface area contributed by atoms with Gasteiger partial charge in [-0.3, -0.25) is 4.90 Å². The molecule has 2 aromatic carbocycles. The molecule has 0 unspecified atom stereocenters. The zero-order chi connectivity index (χ0) is 17.9. The molecule has 6 heteroatoms. The number of piperidine rings is 1. The average molecular weight is 352 g/mol. The lowest BCUT2D eigenvalue weighted by Gasteiger charge is -2.32. The van der Waals surface area contributed by atoms with Gasteiger partial charge in [-0.25, -0.2) is 18.9 Å². The SMILES string of the molecule is O=c1[nH]nc([C@@H]2CCCN(Cc3ccc(F)cc3)C2)n1-c1ccccc1.